The maximum atomic E-state index is 12.5. The van der Waals surface area contributed by atoms with E-state index in [1.54, 1.807) is 19.1 Å². The minimum atomic E-state index is -0.600. The van der Waals surface area contributed by atoms with Crippen molar-refractivity contribution >= 4 is 11.8 Å². The Hall–Kier alpha value is -3.00. The first-order valence-electron chi connectivity index (χ1n) is 8.87. The van der Waals surface area contributed by atoms with E-state index in [4.69, 9.17) is 24.7 Å². The lowest BCUT2D eigenvalue weighted by atomic mass is 9.95. The van der Waals surface area contributed by atoms with Gasteiger partial charge in [-0.05, 0) is 32.5 Å². The SMILES string of the molecule is CCOC(=O)c1[nH]c(CCN)c(-c2ccc(OC)c(OC)c2OC)c1C(C)=O. The van der Waals surface area contributed by atoms with Gasteiger partial charge < -0.3 is 29.7 Å². The smallest absolute Gasteiger partial charge is 0.355 e. The van der Waals surface area contributed by atoms with Gasteiger partial charge in [-0.3, -0.25) is 4.79 Å². The zero-order chi connectivity index (χ0) is 20.8. The number of ether oxygens (including phenoxy) is 4. The summed E-state index contributed by atoms with van der Waals surface area (Å²) in [5.41, 5.74) is 7.85. The van der Waals surface area contributed by atoms with Crippen LogP contribution in [0.5, 0.6) is 17.2 Å². The Morgan fingerprint density at radius 3 is 2.25 bits per heavy atom. The number of ketones is 1. The summed E-state index contributed by atoms with van der Waals surface area (Å²) in [5.74, 6) is 0.367. The summed E-state index contributed by atoms with van der Waals surface area (Å²) in [5, 5.41) is 0. The molecule has 1 heterocycles. The van der Waals surface area contributed by atoms with E-state index < -0.39 is 5.97 Å². The van der Waals surface area contributed by atoms with Crippen molar-refractivity contribution in [1.29, 1.82) is 0 Å². The van der Waals surface area contributed by atoms with Crippen LogP contribution in [0.4, 0.5) is 0 Å². The second-order valence-electron chi connectivity index (χ2n) is 5.93. The largest absolute Gasteiger partial charge is 0.493 e. The van der Waals surface area contributed by atoms with Crippen LogP contribution in [0.3, 0.4) is 0 Å². The fraction of sp³-hybridized carbons (Fsp3) is 0.400. The highest BCUT2D eigenvalue weighted by Crippen LogP contribution is 2.46. The number of aromatic amines is 1. The molecule has 8 heteroatoms. The van der Waals surface area contributed by atoms with Crippen molar-refractivity contribution in [3.63, 3.8) is 0 Å². The van der Waals surface area contributed by atoms with E-state index in [-0.39, 0.29) is 23.6 Å². The summed E-state index contributed by atoms with van der Waals surface area (Å²) in [7, 11) is 4.51. The van der Waals surface area contributed by atoms with E-state index in [0.29, 0.717) is 47.0 Å². The van der Waals surface area contributed by atoms with Gasteiger partial charge in [0.1, 0.15) is 5.69 Å². The Bertz CT molecular complexity index is 872. The molecule has 0 aliphatic heterocycles. The van der Waals surface area contributed by atoms with Crippen LogP contribution in [-0.2, 0) is 11.2 Å². The summed E-state index contributed by atoms with van der Waals surface area (Å²) < 4.78 is 21.5. The Balaban J connectivity index is 2.87. The quantitative estimate of drug-likeness (QED) is 0.500. The van der Waals surface area contributed by atoms with E-state index in [1.807, 2.05) is 0 Å². The predicted octanol–water partition coefficient (Wildman–Crippen LogP) is 2.59. The molecular formula is C20H26N2O6. The maximum Gasteiger partial charge on any atom is 0.355 e. The van der Waals surface area contributed by atoms with Crippen molar-refractivity contribution in [2.45, 2.75) is 20.3 Å². The number of benzene rings is 1. The number of hydrogen-bond acceptors (Lipinski definition) is 7. The standard InChI is InChI=1S/C20H26N2O6/c1-6-28-20(24)17-15(11(2)23)16(13(22-17)9-10-21)12-7-8-14(25-3)19(27-5)18(12)26-4/h7-8,22H,6,9-10,21H2,1-5H3. The first-order chi connectivity index (χ1) is 13.4. The number of Topliss-reactive ketones (excluding diaryl/α,β-unsaturated/α-hetero) is 1. The molecule has 0 atom stereocenters. The molecule has 0 amide bonds. The molecule has 0 spiro atoms. The highest BCUT2D eigenvalue weighted by molar-refractivity contribution is 6.10. The molecule has 0 unspecified atom stereocenters. The predicted molar refractivity (Wildman–Crippen MR) is 105 cm³/mol. The molecule has 1 aromatic heterocycles. The van der Waals surface area contributed by atoms with Crippen LogP contribution in [0, 0.1) is 0 Å². The molecule has 0 radical (unpaired) electrons. The third-order valence-corrected chi connectivity index (χ3v) is 4.28. The van der Waals surface area contributed by atoms with Crippen molar-refractivity contribution in [1.82, 2.24) is 4.98 Å². The summed E-state index contributed by atoms with van der Waals surface area (Å²) in [4.78, 5) is 28.0. The summed E-state index contributed by atoms with van der Waals surface area (Å²) in [6.07, 6.45) is 0.423. The van der Waals surface area contributed by atoms with Crippen LogP contribution in [-0.4, -0.2) is 51.2 Å². The molecule has 1 aromatic carbocycles. The number of hydrogen-bond donors (Lipinski definition) is 2. The number of carbonyl (C=O) groups excluding carboxylic acids is 2. The van der Waals surface area contributed by atoms with Crippen molar-refractivity contribution in [2.24, 2.45) is 5.73 Å². The normalized spacial score (nSPS) is 10.5. The van der Waals surface area contributed by atoms with Crippen LogP contribution in [0.25, 0.3) is 11.1 Å². The molecule has 0 saturated heterocycles. The van der Waals surface area contributed by atoms with Gasteiger partial charge in [-0.1, -0.05) is 0 Å². The molecule has 152 valence electrons. The van der Waals surface area contributed by atoms with Gasteiger partial charge >= 0.3 is 5.97 Å². The van der Waals surface area contributed by atoms with Gasteiger partial charge in [0.2, 0.25) is 5.75 Å². The molecule has 8 nitrogen and oxygen atoms in total. The number of nitrogens with two attached hydrogens (primary N) is 1. The average molecular weight is 390 g/mol. The molecular weight excluding hydrogens is 364 g/mol. The zero-order valence-corrected chi connectivity index (χ0v) is 16.8. The fourth-order valence-corrected chi connectivity index (χ4v) is 3.19. The lowest BCUT2D eigenvalue weighted by Crippen LogP contribution is -2.10. The number of H-pyrrole nitrogens is 1. The van der Waals surface area contributed by atoms with E-state index in [2.05, 4.69) is 4.98 Å². The molecule has 28 heavy (non-hydrogen) atoms. The van der Waals surface area contributed by atoms with Crippen LogP contribution in [0.2, 0.25) is 0 Å². The topological polar surface area (TPSA) is 113 Å². The van der Waals surface area contributed by atoms with Crippen molar-refractivity contribution in [2.75, 3.05) is 34.5 Å². The van der Waals surface area contributed by atoms with Gasteiger partial charge in [-0.2, -0.15) is 0 Å². The number of nitrogens with one attached hydrogen (secondary N) is 1. The molecule has 2 aromatic rings. The van der Waals surface area contributed by atoms with Gasteiger partial charge in [0.15, 0.2) is 17.3 Å². The molecule has 0 saturated carbocycles. The van der Waals surface area contributed by atoms with E-state index in [1.165, 1.54) is 28.3 Å². The van der Waals surface area contributed by atoms with Gasteiger partial charge in [0.25, 0.3) is 0 Å². The molecule has 0 bridgehead atoms. The molecule has 0 aliphatic rings. The van der Waals surface area contributed by atoms with E-state index >= 15 is 0 Å². The Morgan fingerprint density at radius 1 is 1.07 bits per heavy atom. The number of methoxy groups -OCH3 is 3. The number of esters is 1. The summed E-state index contributed by atoms with van der Waals surface area (Å²) in [6.45, 7) is 3.61. The Labute approximate surface area is 163 Å². The maximum absolute atomic E-state index is 12.5. The van der Waals surface area contributed by atoms with E-state index in [0.717, 1.165) is 0 Å². The third-order valence-electron chi connectivity index (χ3n) is 4.28. The van der Waals surface area contributed by atoms with Crippen molar-refractivity contribution in [3.05, 3.63) is 29.1 Å². The highest BCUT2D eigenvalue weighted by atomic mass is 16.5. The third kappa shape index (κ3) is 3.82. The highest BCUT2D eigenvalue weighted by Gasteiger charge is 2.29. The first-order valence-corrected chi connectivity index (χ1v) is 8.87. The molecule has 2 rings (SSSR count). The van der Waals surface area contributed by atoms with Gasteiger partial charge in [-0.25, -0.2) is 4.79 Å². The average Bonchev–Trinajstić information content (AvgIpc) is 3.06. The van der Waals surface area contributed by atoms with Crippen molar-refractivity contribution < 1.29 is 28.5 Å². The molecule has 3 N–H and O–H groups in total. The zero-order valence-electron chi connectivity index (χ0n) is 16.8. The van der Waals surface area contributed by atoms with Crippen LogP contribution in [0.15, 0.2) is 12.1 Å². The lowest BCUT2D eigenvalue weighted by Gasteiger charge is -2.17. The number of rotatable bonds is 9. The van der Waals surface area contributed by atoms with Crippen LogP contribution < -0.4 is 19.9 Å². The summed E-state index contributed by atoms with van der Waals surface area (Å²) in [6, 6.07) is 3.47. The van der Waals surface area contributed by atoms with E-state index in [9.17, 15) is 9.59 Å². The van der Waals surface area contributed by atoms with Crippen LogP contribution >= 0.6 is 0 Å². The second-order valence-corrected chi connectivity index (χ2v) is 5.93. The number of carbonyl (C=O) groups is 2. The summed E-state index contributed by atoms with van der Waals surface area (Å²) >= 11 is 0. The number of aromatic nitrogens is 1. The Morgan fingerprint density at radius 2 is 1.75 bits per heavy atom. The minimum Gasteiger partial charge on any atom is -0.493 e. The van der Waals surface area contributed by atoms with Crippen LogP contribution in [0.1, 0.15) is 40.4 Å². The Kier molecular flexibility index (Phi) is 7.06. The fourth-order valence-electron chi connectivity index (χ4n) is 3.19. The molecule has 0 aliphatic carbocycles. The van der Waals surface area contributed by atoms with Gasteiger partial charge in [0.05, 0.1) is 33.5 Å². The molecule has 0 fully saturated rings. The van der Waals surface area contributed by atoms with Crippen molar-refractivity contribution in [3.8, 4) is 28.4 Å². The first kappa shape index (κ1) is 21.3. The minimum absolute atomic E-state index is 0.102. The lowest BCUT2D eigenvalue weighted by molar-refractivity contribution is 0.0517. The second kappa shape index (κ2) is 9.27. The van der Waals surface area contributed by atoms with Gasteiger partial charge in [-0.15, -0.1) is 0 Å². The monoisotopic (exact) mass is 390 g/mol. The van der Waals surface area contributed by atoms with Gasteiger partial charge in [0, 0.05) is 23.2 Å².